The molecule has 1 amide bonds. The topological polar surface area (TPSA) is 90.1 Å². The molecule has 0 radical (unpaired) electrons. The monoisotopic (exact) mass is 196 g/mol. The van der Waals surface area contributed by atoms with Gasteiger partial charge in [-0.15, -0.1) is 0 Å². The van der Waals surface area contributed by atoms with Gasteiger partial charge in [0.05, 0.1) is 7.11 Å². The second-order valence-electron chi connectivity index (χ2n) is 2.71. The number of nitrogens with two attached hydrogens (primary N) is 1. The Morgan fingerprint density at radius 1 is 1.64 bits per heavy atom. The number of nitrogens with one attached hydrogen (secondary N) is 1. The number of hydrogen-bond donors (Lipinski definition) is 2. The summed E-state index contributed by atoms with van der Waals surface area (Å²) in [4.78, 5) is 18.5. The summed E-state index contributed by atoms with van der Waals surface area (Å²) in [7, 11) is 1.50. The molecule has 6 heteroatoms. The number of primary amides is 1. The van der Waals surface area contributed by atoms with Gasteiger partial charge in [0, 0.05) is 6.07 Å². The van der Waals surface area contributed by atoms with Crippen LogP contribution in [0.15, 0.2) is 12.4 Å². The maximum absolute atomic E-state index is 10.7. The first-order chi connectivity index (χ1) is 6.63. The molecule has 0 saturated heterocycles. The Morgan fingerprint density at radius 3 is 2.93 bits per heavy atom. The maximum atomic E-state index is 10.7. The number of carbonyl (C=O) groups is 1. The molecule has 1 aromatic rings. The van der Waals surface area contributed by atoms with Crippen LogP contribution in [0, 0.1) is 0 Å². The Hall–Kier alpha value is -1.85. The van der Waals surface area contributed by atoms with Crippen LogP contribution in [-0.4, -0.2) is 29.0 Å². The Kier molecular flexibility index (Phi) is 3.22. The van der Waals surface area contributed by atoms with Crippen molar-refractivity contribution in [3.8, 4) is 5.88 Å². The van der Waals surface area contributed by atoms with Crippen LogP contribution in [-0.2, 0) is 4.79 Å². The van der Waals surface area contributed by atoms with E-state index in [4.69, 9.17) is 10.5 Å². The molecule has 1 rings (SSSR count). The van der Waals surface area contributed by atoms with Crippen molar-refractivity contribution in [2.75, 3.05) is 12.4 Å². The highest BCUT2D eigenvalue weighted by atomic mass is 16.5. The Labute approximate surface area is 81.5 Å². The number of nitrogens with zero attached hydrogens (tertiary/aromatic N) is 2. The lowest BCUT2D eigenvalue weighted by Crippen LogP contribution is -2.32. The molecule has 0 spiro atoms. The molecule has 76 valence electrons. The van der Waals surface area contributed by atoms with E-state index < -0.39 is 11.9 Å². The van der Waals surface area contributed by atoms with Crippen molar-refractivity contribution < 1.29 is 9.53 Å². The lowest BCUT2D eigenvalue weighted by molar-refractivity contribution is -0.118. The third-order valence-electron chi connectivity index (χ3n) is 1.64. The lowest BCUT2D eigenvalue weighted by atomic mass is 10.3. The summed E-state index contributed by atoms with van der Waals surface area (Å²) in [5.74, 6) is 0.491. The molecule has 1 heterocycles. The van der Waals surface area contributed by atoms with Crippen LogP contribution < -0.4 is 15.8 Å². The maximum Gasteiger partial charge on any atom is 0.239 e. The van der Waals surface area contributed by atoms with Gasteiger partial charge in [0.15, 0.2) is 0 Å². The van der Waals surface area contributed by atoms with Crippen molar-refractivity contribution in [2.45, 2.75) is 13.0 Å². The first-order valence-electron chi connectivity index (χ1n) is 4.05. The predicted octanol–water partition coefficient (Wildman–Crippen LogP) is -0.229. The first kappa shape index (κ1) is 10.2. The highest BCUT2D eigenvalue weighted by Crippen LogP contribution is 2.10. The SMILES string of the molecule is COc1cc(NC(C)C(N)=O)ncn1. The van der Waals surface area contributed by atoms with Gasteiger partial charge in [-0.2, -0.15) is 0 Å². The quantitative estimate of drug-likeness (QED) is 0.694. The van der Waals surface area contributed by atoms with Gasteiger partial charge in [0.25, 0.3) is 0 Å². The molecule has 1 atom stereocenters. The number of rotatable bonds is 4. The number of amides is 1. The Balaban J connectivity index is 2.71. The fourth-order valence-electron chi connectivity index (χ4n) is 0.823. The van der Waals surface area contributed by atoms with E-state index in [2.05, 4.69) is 15.3 Å². The minimum absolute atomic E-state index is 0.430. The molecule has 1 unspecified atom stereocenters. The van der Waals surface area contributed by atoms with E-state index in [-0.39, 0.29) is 0 Å². The molecule has 1 aromatic heterocycles. The number of anilines is 1. The molecule has 0 bridgehead atoms. The lowest BCUT2D eigenvalue weighted by Gasteiger charge is -2.10. The smallest absolute Gasteiger partial charge is 0.239 e. The average Bonchev–Trinajstić information content (AvgIpc) is 2.18. The molecule has 0 aliphatic rings. The molecule has 0 saturated carbocycles. The van der Waals surface area contributed by atoms with Crippen molar-refractivity contribution >= 4 is 11.7 Å². The zero-order chi connectivity index (χ0) is 10.6. The number of carbonyl (C=O) groups excluding carboxylic acids is 1. The van der Waals surface area contributed by atoms with Crippen molar-refractivity contribution in [3.63, 3.8) is 0 Å². The Morgan fingerprint density at radius 2 is 2.36 bits per heavy atom. The third-order valence-corrected chi connectivity index (χ3v) is 1.64. The van der Waals surface area contributed by atoms with Gasteiger partial charge >= 0.3 is 0 Å². The van der Waals surface area contributed by atoms with E-state index in [0.29, 0.717) is 11.7 Å². The molecule has 0 aliphatic heterocycles. The standard InChI is InChI=1S/C8H12N4O2/c1-5(8(9)13)12-6-3-7(14-2)11-4-10-6/h3-5H,1-2H3,(H2,9,13)(H,10,11,12). The minimum Gasteiger partial charge on any atom is -0.481 e. The summed E-state index contributed by atoms with van der Waals surface area (Å²) in [5, 5.41) is 2.81. The second-order valence-corrected chi connectivity index (χ2v) is 2.71. The minimum atomic E-state index is -0.477. The predicted molar refractivity (Wildman–Crippen MR) is 50.9 cm³/mol. The van der Waals surface area contributed by atoms with E-state index >= 15 is 0 Å². The molecule has 14 heavy (non-hydrogen) atoms. The van der Waals surface area contributed by atoms with Crippen LogP contribution in [0.4, 0.5) is 5.82 Å². The van der Waals surface area contributed by atoms with Gasteiger partial charge in [-0.05, 0) is 6.92 Å². The molecular weight excluding hydrogens is 184 g/mol. The van der Waals surface area contributed by atoms with Gasteiger partial charge in [0.1, 0.15) is 18.2 Å². The fourth-order valence-corrected chi connectivity index (χ4v) is 0.823. The summed E-state index contributed by atoms with van der Waals surface area (Å²) >= 11 is 0. The van der Waals surface area contributed by atoms with E-state index in [1.54, 1.807) is 13.0 Å². The van der Waals surface area contributed by atoms with Crippen molar-refractivity contribution in [1.29, 1.82) is 0 Å². The average molecular weight is 196 g/mol. The number of hydrogen-bond acceptors (Lipinski definition) is 5. The van der Waals surface area contributed by atoms with E-state index in [9.17, 15) is 4.79 Å². The zero-order valence-electron chi connectivity index (χ0n) is 8.02. The zero-order valence-corrected chi connectivity index (χ0v) is 8.02. The fraction of sp³-hybridized carbons (Fsp3) is 0.375. The molecule has 6 nitrogen and oxygen atoms in total. The van der Waals surface area contributed by atoms with Crippen LogP contribution in [0.25, 0.3) is 0 Å². The number of aromatic nitrogens is 2. The number of ether oxygens (including phenoxy) is 1. The van der Waals surface area contributed by atoms with Gasteiger partial charge in [0.2, 0.25) is 11.8 Å². The van der Waals surface area contributed by atoms with Gasteiger partial charge < -0.3 is 15.8 Å². The summed E-state index contributed by atoms with van der Waals surface area (Å²) in [6.45, 7) is 1.65. The highest BCUT2D eigenvalue weighted by molar-refractivity contribution is 5.82. The normalized spacial score (nSPS) is 11.9. The summed E-state index contributed by atoms with van der Waals surface area (Å²) in [6, 6.07) is 1.11. The van der Waals surface area contributed by atoms with Crippen LogP contribution in [0.3, 0.4) is 0 Å². The van der Waals surface area contributed by atoms with E-state index in [1.807, 2.05) is 0 Å². The van der Waals surface area contributed by atoms with Crippen molar-refractivity contribution in [3.05, 3.63) is 12.4 Å². The van der Waals surface area contributed by atoms with E-state index in [0.717, 1.165) is 0 Å². The van der Waals surface area contributed by atoms with Gasteiger partial charge in [-0.25, -0.2) is 9.97 Å². The second kappa shape index (κ2) is 4.40. The van der Waals surface area contributed by atoms with E-state index in [1.165, 1.54) is 13.4 Å². The summed E-state index contributed by atoms with van der Waals surface area (Å²) in [6.07, 6.45) is 1.34. The molecular formula is C8H12N4O2. The number of methoxy groups -OCH3 is 1. The summed E-state index contributed by atoms with van der Waals surface area (Å²) in [5.41, 5.74) is 5.08. The highest BCUT2D eigenvalue weighted by Gasteiger charge is 2.08. The largest absolute Gasteiger partial charge is 0.481 e. The molecule has 0 fully saturated rings. The molecule has 0 aliphatic carbocycles. The van der Waals surface area contributed by atoms with Crippen LogP contribution >= 0.6 is 0 Å². The van der Waals surface area contributed by atoms with Crippen LogP contribution in [0.5, 0.6) is 5.88 Å². The molecule has 0 aromatic carbocycles. The van der Waals surface area contributed by atoms with Crippen LogP contribution in [0.1, 0.15) is 6.92 Å². The molecule has 3 N–H and O–H groups in total. The van der Waals surface area contributed by atoms with Gasteiger partial charge in [-0.1, -0.05) is 0 Å². The van der Waals surface area contributed by atoms with Gasteiger partial charge in [-0.3, -0.25) is 4.79 Å². The van der Waals surface area contributed by atoms with Crippen molar-refractivity contribution in [2.24, 2.45) is 5.73 Å². The summed E-state index contributed by atoms with van der Waals surface area (Å²) < 4.78 is 4.89. The third kappa shape index (κ3) is 2.58. The first-order valence-corrected chi connectivity index (χ1v) is 4.05. The van der Waals surface area contributed by atoms with Crippen molar-refractivity contribution in [1.82, 2.24) is 9.97 Å². The Bertz CT molecular complexity index is 329. The van der Waals surface area contributed by atoms with Crippen LogP contribution in [0.2, 0.25) is 0 Å².